The van der Waals surface area contributed by atoms with Crippen LogP contribution >= 0.6 is 11.8 Å². The Balaban J connectivity index is 1.83. The number of carbonyl (C=O) groups is 1. The number of halogens is 1. The first-order valence-electron chi connectivity index (χ1n) is 5.21. The van der Waals surface area contributed by atoms with Gasteiger partial charge in [-0.05, 0) is 12.1 Å². The van der Waals surface area contributed by atoms with Gasteiger partial charge in [-0.15, -0.1) is 0 Å². The van der Waals surface area contributed by atoms with E-state index in [9.17, 15) is 9.18 Å². The van der Waals surface area contributed by atoms with Crippen molar-refractivity contribution in [2.75, 3.05) is 24.2 Å². The number of hydrogen-bond acceptors (Lipinski definition) is 4. The second-order valence-corrected chi connectivity index (χ2v) is 4.39. The van der Waals surface area contributed by atoms with Crippen LogP contribution in [0, 0.1) is 5.82 Å². The predicted molar refractivity (Wildman–Crippen MR) is 67.8 cm³/mol. The smallest absolute Gasteiger partial charge is 0.234 e. The van der Waals surface area contributed by atoms with Gasteiger partial charge in [0.1, 0.15) is 5.82 Å². The molecule has 1 aliphatic rings. The molecule has 1 aromatic rings. The van der Waals surface area contributed by atoms with Crippen molar-refractivity contribution in [2.45, 2.75) is 0 Å². The van der Waals surface area contributed by atoms with Gasteiger partial charge in [-0.3, -0.25) is 9.79 Å². The van der Waals surface area contributed by atoms with Gasteiger partial charge in [-0.1, -0.05) is 23.9 Å². The van der Waals surface area contributed by atoms with Crippen LogP contribution in [0.3, 0.4) is 0 Å². The van der Waals surface area contributed by atoms with Crippen molar-refractivity contribution in [1.82, 2.24) is 5.32 Å². The summed E-state index contributed by atoms with van der Waals surface area (Å²) < 4.78 is 13.2. The van der Waals surface area contributed by atoms with E-state index in [1.165, 1.54) is 23.9 Å². The SMILES string of the molecule is O=C(CSC1=NCCN1)Nc1ccccc1F. The zero-order valence-electron chi connectivity index (χ0n) is 9.07. The molecule has 4 nitrogen and oxygen atoms in total. The molecule has 0 bridgehead atoms. The molecule has 1 aromatic carbocycles. The lowest BCUT2D eigenvalue weighted by molar-refractivity contribution is -0.113. The van der Waals surface area contributed by atoms with Gasteiger partial charge in [0.2, 0.25) is 5.91 Å². The Morgan fingerprint density at radius 2 is 2.35 bits per heavy atom. The van der Waals surface area contributed by atoms with E-state index in [1.54, 1.807) is 12.1 Å². The highest BCUT2D eigenvalue weighted by Gasteiger charge is 2.10. The lowest BCUT2D eigenvalue weighted by Gasteiger charge is -2.05. The van der Waals surface area contributed by atoms with E-state index in [4.69, 9.17) is 0 Å². The van der Waals surface area contributed by atoms with Crippen LogP contribution in [0.1, 0.15) is 0 Å². The molecule has 6 heteroatoms. The molecule has 0 saturated heterocycles. The van der Waals surface area contributed by atoms with Gasteiger partial charge in [-0.25, -0.2) is 4.39 Å². The van der Waals surface area contributed by atoms with Gasteiger partial charge in [-0.2, -0.15) is 0 Å². The summed E-state index contributed by atoms with van der Waals surface area (Å²) in [5.41, 5.74) is 0.208. The second-order valence-electron chi connectivity index (χ2n) is 3.43. The molecule has 0 radical (unpaired) electrons. The molecular weight excluding hydrogens is 241 g/mol. The third-order valence-corrected chi connectivity index (χ3v) is 3.08. The molecule has 0 saturated carbocycles. The molecule has 1 aliphatic heterocycles. The summed E-state index contributed by atoms with van der Waals surface area (Å²) in [4.78, 5) is 15.7. The first-order chi connectivity index (χ1) is 8.25. The summed E-state index contributed by atoms with van der Waals surface area (Å²) >= 11 is 1.32. The highest BCUT2D eigenvalue weighted by atomic mass is 32.2. The number of benzene rings is 1. The van der Waals surface area contributed by atoms with Crippen molar-refractivity contribution in [1.29, 1.82) is 0 Å². The highest BCUT2D eigenvalue weighted by molar-refractivity contribution is 8.14. The van der Waals surface area contributed by atoms with Gasteiger partial charge in [0, 0.05) is 6.54 Å². The summed E-state index contributed by atoms with van der Waals surface area (Å²) in [6.45, 7) is 1.56. The molecule has 90 valence electrons. The molecular formula is C11H12FN3OS. The number of anilines is 1. The Morgan fingerprint density at radius 3 is 3.06 bits per heavy atom. The number of amides is 1. The molecule has 0 unspecified atom stereocenters. The van der Waals surface area contributed by atoms with Gasteiger partial charge in [0.25, 0.3) is 0 Å². The van der Waals surface area contributed by atoms with Crippen molar-refractivity contribution >= 4 is 28.5 Å². The van der Waals surface area contributed by atoms with Gasteiger partial charge >= 0.3 is 0 Å². The number of amidine groups is 1. The Hall–Kier alpha value is -1.56. The Bertz CT molecular complexity index is 450. The third kappa shape index (κ3) is 3.45. The van der Waals surface area contributed by atoms with Crippen LogP contribution in [0.2, 0.25) is 0 Å². The quantitative estimate of drug-likeness (QED) is 0.857. The van der Waals surface area contributed by atoms with Crippen LogP contribution in [-0.2, 0) is 4.79 Å². The highest BCUT2D eigenvalue weighted by Crippen LogP contribution is 2.13. The normalized spacial score (nSPS) is 14.1. The average Bonchev–Trinajstić information content (AvgIpc) is 2.82. The maximum absolute atomic E-state index is 13.2. The third-order valence-electron chi connectivity index (χ3n) is 2.13. The largest absolute Gasteiger partial charge is 0.363 e. The minimum atomic E-state index is -0.429. The summed E-state index contributed by atoms with van der Waals surface area (Å²) in [6.07, 6.45) is 0. The monoisotopic (exact) mass is 253 g/mol. The Labute approximate surface area is 103 Å². The molecule has 0 spiro atoms. The van der Waals surface area contributed by atoms with Gasteiger partial charge < -0.3 is 10.6 Å². The fraction of sp³-hybridized carbons (Fsp3) is 0.273. The predicted octanol–water partition coefficient (Wildman–Crippen LogP) is 1.46. The fourth-order valence-electron chi connectivity index (χ4n) is 1.36. The van der Waals surface area contributed by atoms with Crippen LogP contribution in [0.25, 0.3) is 0 Å². The summed E-state index contributed by atoms with van der Waals surface area (Å²) in [5, 5.41) is 6.33. The van der Waals surface area contributed by atoms with Crippen LogP contribution in [-0.4, -0.2) is 29.9 Å². The average molecular weight is 253 g/mol. The van der Waals surface area contributed by atoms with E-state index in [0.29, 0.717) is 0 Å². The number of nitrogens with one attached hydrogen (secondary N) is 2. The lowest BCUT2D eigenvalue weighted by Crippen LogP contribution is -2.20. The molecule has 0 aromatic heterocycles. The Morgan fingerprint density at radius 1 is 1.53 bits per heavy atom. The number of para-hydroxylation sites is 1. The van der Waals surface area contributed by atoms with Crippen LogP contribution in [0.15, 0.2) is 29.3 Å². The first kappa shape index (κ1) is 11.9. The topological polar surface area (TPSA) is 53.5 Å². The number of rotatable bonds is 3. The summed E-state index contributed by atoms with van der Waals surface area (Å²) in [6, 6.07) is 6.10. The zero-order valence-corrected chi connectivity index (χ0v) is 9.89. The van der Waals surface area contributed by atoms with E-state index < -0.39 is 5.82 Å². The van der Waals surface area contributed by atoms with Crippen LogP contribution in [0.4, 0.5) is 10.1 Å². The number of aliphatic imine (C=N–C) groups is 1. The first-order valence-corrected chi connectivity index (χ1v) is 6.20. The van der Waals surface area contributed by atoms with E-state index in [1.807, 2.05) is 0 Å². The Kier molecular flexibility index (Phi) is 3.98. The molecule has 0 atom stereocenters. The van der Waals surface area contributed by atoms with E-state index in [-0.39, 0.29) is 17.3 Å². The maximum atomic E-state index is 13.2. The van der Waals surface area contributed by atoms with E-state index in [2.05, 4.69) is 15.6 Å². The zero-order chi connectivity index (χ0) is 12.1. The summed E-state index contributed by atoms with van der Waals surface area (Å²) in [7, 11) is 0. The maximum Gasteiger partial charge on any atom is 0.234 e. The molecule has 2 rings (SSSR count). The number of hydrogen-bond donors (Lipinski definition) is 2. The van der Waals surface area contributed by atoms with Crippen molar-refractivity contribution in [3.8, 4) is 0 Å². The molecule has 0 fully saturated rings. The number of carbonyl (C=O) groups excluding carboxylic acids is 1. The van der Waals surface area contributed by atoms with Crippen LogP contribution in [0.5, 0.6) is 0 Å². The lowest BCUT2D eigenvalue weighted by atomic mass is 10.3. The summed E-state index contributed by atoms with van der Waals surface area (Å²) in [5.74, 6) is -0.445. The molecule has 0 aliphatic carbocycles. The van der Waals surface area contributed by atoms with Crippen molar-refractivity contribution < 1.29 is 9.18 Å². The van der Waals surface area contributed by atoms with E-state index >= 15 is 0 Å². The van der Waals surface area contributed by atoms with Crippen molar-refractivity contribution in [2.24, 2.45) is 4.99 Å². The van der Waals surface area contributed by atoms with Crippen molar-refractivity contribution in [3.63, 3.8) is 0 Å². The second kappa shape index (κ2) is 5.67. The minimum Gasteiger partial charge on any atom is -0.363 e. The molecule has 17 heavy (non-hydrogen) atoms. The van der Waals surface area contributed by atoms with Gasteiger partial charge in [0.15, 0.2) is 5.17 Å². The minimum absolute atomic E-state index is 0.208. The molecule has 1 heterocycles. The molecule has 1 amide bonds. The van der Waals surface area contributed by atoms with E-state index in [0.717, 1.165) is 18.3 Å². The standard InChI is InChI=1S/C11H12FN3OS/c12-8-3-1-2-4-9(8)15-10(16)7-17-11-13-5-6-14-11/h1-4H,5-7H2,(H,13,14)(H,15,16). The fourth-order valence-corrected chi connectivity index (χ4v) is 2.08. The number of nitrogens with zero attached hydrogens (tertiary/aromatic N) is 1. The van der Waals surface area contributed by atoms with Crippen molar-refractivity contribution in [3.05, 3.63) is 30.1 Å². The molecule has 2 N–H and O–H groups in total. The van der Waals surface area contributed by atoms with Crippen LogP contribution < -0.4 is 10.6 Å². The van der Waals surface area contributed by atoms with Gasteiger partial charge in [0.05, 0.1) is 18.0 Å². The number of thioether (sulfide) groups is 1.